The van der Waals surface area contributed by atoms with Crippen LogP contribution in [0.25, 0.3) is 0 Å². The number of ether oxygens (including phenoxy) is 1. The summed E-state index contributed by atoms with van der Waals surface area (Å²) in [6, 6.07) is 9.05. The second-order valence-corrected chi connectivity index (χ2v) is 6.38. The minimum Gasteiger partial charge on any atom is -0.376 e. The molecule has 0 saturated carbocycles. The van der Waals surface area contributed by atoms with E-state index in [0.29, 0.717) is 18.2 Å². The van der Waals surface area contributed by atoms with Crippen molar-refractivity contribution in [3.05, 3.63) is 34.9 Å². The van der Waals surface area contributed by atoms with Gasteiger partial charge in [-0.1, -0.05) is 30.7 Å². The van der Waals surface area contributed by atoms with Crippen LogP contribution in [0.3, 0.4) is 0 Å². The summed E-state index contributed by atoms with van der Waals surface area (Å²) in [5, 5.41) is 4.38. The topological polar surface area (TPSA) is 24.5 Å². The summed E-state index contributed by atoms with van der Waals surface area (Å²) in [7, 11) is 0. The molecule has 1 fully saturated rings. The van der Waals surface area contributed by atoms with Gasteiger partial charge in [0.05, 0.1) is 12.7 Å². The van der Waals surface area contributed by atoms with E-state index in [1.54, 1.807) is 0 Å². The third-order valence-corrected chi connectivity index (χ3v) is 4.38. The van der Waals surface area contributed by atoms with Crippen molar-refractivity contribution in [1.29, 1.82) is 0 Å². The van der Waals surface area contributed by atoms with E-state index >= 15 is 0 Å². The van der Waals surface area contributed by atoms with E-state index in [1.165, 1.54) is 5.56 Å². The average Bonchev–Trinajstić information content (AvgIpc) is 2.46. The van der Waals surface area contributed by atoms with Crippen LogP contribution < -0.4 is 5.32 Å². The second kappa shape index (κ2) is 8.14. The van der Waals surface area contributed by atoms with Crippen molar-refractivity contribution < 1.29 is 4.74 Å². The van der Waals surface area contributed by atoms with Gasteiger partial charge < -0.3 is 10.1 Å². The first-order chi connectivity index (χ1) is 10.1. The van der Waals surface area contributed by atoms with Gasteiger partial charge in [0.1, 0.15) is 0 Å². The number of rotatable bonds is 6. The Morgan fingerprint density at radius 2 is 2.24 bits per heavy atom. The van der Waals surface area contributed by atoms with E-state index in [2.05, 4.69) is 43.1 Å². The maximum Gasteiger partial charge on any atom is 0.0674 e. The largest absolute Gasteiger partial charge is 0.376 e. The highest BCUT2D eigenvalue weighted by atomic mass is 35.5. The molecule has 1 heterocycles. The molecular weight excluding hydrogens is 284 g/mol. The lowest BCUT2D eigenvalue weighted by Gasteiger charge is -2.37. The van der Waals surface area contributed by atoms with E-state index < -0.39 is 0 Å². The molecule has 3 unspecified atom stereocenters. The van der Waals surface area contributed by atoms with Gasteiger partial charge in [-0.15, -0.1) is 0 Å². The van der Waals surface area contributed by atoms with Gasteiger partial charge >= 0.3 is 0 Å². The van der Waals surface area contributed by atoms with Crippen LogP contribution in [-0.4, -0.2) is 43.3 Å². The summed E-state index contributed by atoms with van der Waals surface area (Å²) >= 11 is 6.13. The van der Waals surface area contributed by atoms with E-state index in [4.69, 9.17) is 16.3 Å². The zero-order valence-corrected chi connectivity index (χ0v) is 14.1. The van der Waals surface area contributed by atoms with Crippen LogP contribution in [-0.2, 0) is 4.74 Å². The van der Waals surface area contributed by atoms with E-state index in [-0.39, 0.29) is 0 Å². The van der Waals surface area contributed by atoms with Gasteiger partial charge in [0.2, 0.25) is 0 Å². The van der Waals surface area contributed by atoms with Gasteiger partial charge in [-0.2, -0.15) is 0 Å². The van der Waals surface area contributed by atoms with E-state index in [9.17, 15) is 0 Å². The predicted octanol–water partition coefficient (Wildman–Crippen LogP) is 3.49. The lowest BCUT2D eigenvalue weighted by atomic mass is 10.0. The fourth-order valence-electron chi connectivity index (χ4n) is 2.93. The number of benzene rings is 1. The number of morpholine rings is 1. The lowest BCUT2D eigenvalue weighted by molar-refractivity contribution is -0.0502. The molecule has 1 N–H and O–H groups in total. The van der Waals surface area contributed by atoms with Gasteiger partial charge in [-0.05, 0) is 44.5 Å². The van der Waals surface area contributed by atoms with Crippen LogP contribution in [0.15, 0.2) is 24.3 Å². The van der Waals surface area contributed by atoms with Crippen LogP contribution in [0.1, 0.15) is 38.8 Å². The molecule has 1 aromatic carbocycles. The molecule has 3 nitrogen and oxygen atoms in total. The first-order valence-corrected chi connectivity index (χ1v) is 8.32. The molecular formula is C17H27ClN2O. The summed E-state index contributed by atoms with van der Waals surface area (Å²) in [4.78, 5) is 2.53. The van der Waals surface area contributed by atoms with E-state index in [0.717, 1.165) is 37.7 Å². The molecule has 1 aliphatic rings. The standard InChI is InChI=1S/C17H27ClN2O/c1-4-19-17(15-6-5-7-16(18)10-15)8-9-20-11-14(3)21-12-13(20)2/h5-7,10,13-14,17,19H,4,8-9,11-12H2,1-3H3. The van der Waals surface area contributed by atoms with Crippen molar-refractivity contribution in [3.63, 3.8) is 0 Å². The Bertz CT molecular complexity index is 441. The van der Waals surface area contributed by atoms with Crippen molar-refractivity contribution in [3.8, 4) is 0 Å². The highest BCUT2D eigenvalue weighted by molar-refractivity contribution is 6.30. The monoisotopic (exact) mass is 310 g/mol. The lowest BCUT2D eigenvalue weighted by Crippen LogP contribution is -2.48. The highest BCUT2D eigenvalue weighted by Gasteiger charge is 2.24. The molecule has 1 aromatic rings. The fourth-order valence-corrected chi connectivity index (χ4v) is 3.13. The molecule has 0 amide bonds. The molecule has 118 valence electrons. The van der Waals surface area contributed by atoms with Crippen LogP contribution >= 0.6 is 11.6 Å². The first-order valence-electron chi connectivity index (χ1n) is 7.94. The summed E-state index contributed by atoms with van der Waals surface area (Å²) in [5.41, 5.74) is 1.28. The molecule has 0 bridgehead atoms. The van der Waals surface area contributed by atoms with Gasteiger partial charge in [0.25, 0.3) is 0 Å². The Morgan fingerprint density at radius 1 is 1.43 bits per heavy atom. The van der Waals surface area contributed by atoms with E-state index in [1.807, 2.05) is 12.1 Å². The Hall–Kier alpha value is -0.610. The van der Waals surface area contributed by atoms with Gasteiger partial charge in [-0.3, -0.25) is 4.90 Å². The van der Waals surface area contributed by atoms with Gasteiger partial charge in [0, 0.05) is 30.2 Å². The zero-order valence-electron chi connectivity index (χ0n) is 13.3. The number of halogens is 1. The third kappa shape index (κ3) is 4.96. The normalized spacial score (nSPS) is 25.0. The maximum atomic E-state index is 6.13. The second-order valence-electron chi connectivity index (χ2n) is 5.94. The molecule has 0 aromatic heterocycles. The fraction of sp³-hybridized carbons (Fsp3) is 0.647. The van der Waals surface area contributed by atoms with Gasteiger partial charge in [0.15, 0.2) is 0 Å². The number of nitrogens with zero attached hydrogens (tertiary/aromatic N) is 1. The van der Waals surface area contributed by atoms with Crippen molar-refractivity contribution in [1.82, 2.24) is 10.2 Å². The molecule has 0 spiro atoms. The SMILES string of the molecule is CCNC(CCN1CC(C)OCC1C)c1cccc(Cl)c1. The van der Waals surface area contributed by atoms with Crippen LogP contribution in [0, 0.1) is 0 Å². The average molecular weight is 311 g/mol. The molecule has 21 heavy (non-hydrogen) atoms. The van der Waals surface area contributed by atoms with Crippen LogP contribution in [0.4, 0.5) is 0 Å². The molecule has 1 saturated heterocycles. The number of hydrogen-bond acceptors (Lipinski definition) is 3. The zero-order chi connectivity index (χ0) is 15.2. The minimum absolute atomic E-state index is 0.338. The van der Waals surface area contributed by atoms with Crippen molar-refractivity contribution in [2.75, 3.05) is 26.2 Å². The number of hydrogen-bond donors (Lipinski definition) is 1. The summed E-state index contributed by atoms with van der Waals surface area (Å²) in [6.07, 6.45) is 1.43. The molecule has 2 rings (SSSR count). The molecule has 0 aliphatic carbocycles. The predicted molar refractivity (Wildman–Crippen MR) is 88.9 cm³/mol. The summed E-state index contributed by atoms with van der Waals surface area (Å²) in [6.45, 7) is 10.5. The quantitative estimate of drug-likeness (QED) is 0.870. The smallest absolute Gasteiger partial charge is 0.0674 e. The molecule has 0 radical (unpaired) electrons. The number of nitrogens with one attached hydrogen (secondary N) is 1. The van der Waals surface area contributed by atoms with Crippen LogP contribution in [0.2, 0.25) is 5.02 Å². The molecule has 3 atom stereocenters. The third-order valence-electron chi connectivity index (χ3n) is 4.14. The highest BCUT2D eigenvalue weighted by Crippen LogP contribution is 2.22. The van der Waals surface area contributed by atoms with Crippen molar-refractivity contribution >= 4 is 11.6 Å². The summed E-state index contributed by atoms with van der Waals surface area (Å²) in [5.74, 6) is 0. The first kappa shape index (κ1) is 16.8. The molecule has 4 heteroatoms. The Morgan fingerprint density at radius 3 is 2.95 bits per heavy atom. The minimum atomic E-state index is 0.338. The van der Waals surface area contributed by atoms with Crippen molar-refractivity contribution in [2.45, 2.75) is 45.4 Å². The Balaban J connectivity index is 1.96. The van der Waals surface area contributed by atoms with Crippen LogP contribution in [0.5, 0.6) is 0 Å². The Labute approximate surface area is 133 Å². The summed E-state index contributed by atoms with van der Waals surface area (Å²) < 4.78 is 5.70. The Kier molecular flexibility index (Phi) is 6.49. The maximum absolute atomic E-state index is 6.13. The molecule has 1 aliphatic heterocycles. The van der Waals surface area contributed by atoms with Crippen molar-refractivity contribution in [2.24, 2.45) is 0 Å². The van der Waals surface area contributed by atoms with Gasteiger partial charge in [-0.25, -0.2) is 0 Å².